The fourth-order valence-corrected chi connectivity index (χ4v) is 2.24. The standard InChI is InChI=1S/C12H14ClNO2Si/c1-5-15-12-9(8-14)6-7-10(11(12)13)16-17(2,3)4/h5H2,1-4H3. The van der Waals surface area contributed by atoms with Gasteiger partial charge < -0.3 is 9.16 Å². The number of hydrogen-bond donors (Lipinski definition) is 0. The van der Waals surface area contributed by atoms with Crippen LogP contribution in [-0.2, 0) is 0 Å². The van der Waals surface area contributed by atoms with Crippen LogP contribution in [-0.4, -0.2) is 14.9 Å². The second-order valence-corrected chi connectivity index (χ2v) is 9.16. The molecule has 0 spiro atoms. The van der Waals surface area contributed by atoms with E-state index in [0.29, 0.717) is 23.1 Å². The molecule has 0 N–H and O–H groups in total. The zero-order valence-electron chi connectivity index (χ0n) is 10.3. The van der Waals surface area contributed by atoms with Crippen LogP contribution in [0.4, 0.5) is 0 Å². The number of nitrogens with zero attached hydrogens (tertiary/aromatic N) is 1. The Bertz CT molecular complexity index is 449. The summed E-state index contributed by atoms with van der Waals surface area (Å²) in [6, 6.07) is 7.44. The van der Waals surface area contributed by atoms with E-state index >= 15 is 0 Å². The van der Waals surface area contributed by atoms with Crippen LogP contribution >= 0.6 is 11.6 Å². The number of ether oxygens (including phenoxy) is 1. The molecular weight excluding hydrogens is 254 g/mol. The van der Waals surface area contributed by atoms with Gasteiger partial charge in [0.15, 0.2) is 11.5 Å². The number of hydrogen-bond acceptors (Lipinski definition) is 3. The zero-order valence-corrected chi connectivity index (χ0v) is 12.1. The van der Waals surface area contributed by atoms with Crippen molar-refractivity contribution >= 4 is 19.9 Å². The molecule has 0 saturated carbocycles. The molecule has 0 radical (unpaired) electrons. The van der Waals surface area contributed by atoms with Crippen LogP contribution < -0.4 is 9.16 Å². The lowest BCUT2D eigenvalue weighted by molar-refractivity contribution is 0.338. The Hall–Kier alpha value is -1.36. The minimum atomic E-state index is -1.78. The van der Waals surface area contributed by atoms with E-state index in [0.717, 1.165) is 0 Å². The molecule has 1 aromatic rings. The summed E-state index contributed by atoms with van der Waals surface area (Å²) < 4.78 is 11.1. The smallest absolute Gasteiger partial charge is 0.243 e. The third-order valence-corrected chi connectivity index (χ3v) is 2.90. The van der Waals surface area contributed by atoms with E-state index in [9.17, 15) is 0 Å². The summed E-state index contributed by atoms with van der Waals surface area (Å²) in [4.78, 5) is 0. The zero-order chi connectivity index (χ0) is 13.1. The fraction of sp³-hybridized carbons (Fsp3) is 0.417. The van der Waals surface area contributed by atoms with Crippen molar-refractivity contribution in [1.82, 2.24) is 0 Å². The Morgan fingerprint density at radius 1 is 1.35 bits per heavy atom. The van der Waals surface area contributed by atoms with Crippen molar-refractivity contribution in [3.05, 3.63) is 22.7 Å². The van der Waals surface area contributed by atoms with Crippen molar-refractivity contribution in [3.63, 3.8) is 0 Å². The number of nitriles is 1. The fourth-order valence-electron chi connectivity index (χ4n) is 1.18. The topological polar surface area (TPSA) is 42.2 Å². The number of rotatable bonds is 4. The first-order valence-electron chi connectivity index (χ1n) is 5.27. The van der Waals surface area contributed by atoms with Gasteiger partial charge in [-0.15, -0.1) is 0 Å². The average molecular weight is 268 g/mol. The monoisotopic (exact) mass is 267 g/mol. The summed E-state index contributed by atoms with van der Waals surface area (Å²) in [5.74, 6) is 0.733. The van der Waals surface area contributed by atoms with Crippen molar-refractivity contribution in [2.45, 2.75) is 26.6 Å². The SMILES string of the molecule is CCOc1c(C#N)c#cc(O[Si](C)(C)C)c1Cl. The van der Waals surface area contributed by atoms with Gasteiger partial charge in [-0.3, -0.25) is 0 Å². The molecule has 5 heteroatoms. The van der Waals surface area contributed by atoms with Gasteiger partial charge in [-0.1, -0.05) is 11.6 Å². The minimum absolute atomic E-state index is 0.250. The Kier molecular flexibility index (Phi) is 4.28. The van der Waals surface area contributed by atoms with Crippen LogP contribution in [0.3, 0.4) is 0 Å². The van der Waals surface area contributed by atoms with Crippen molar-refractivity contribution in [2.24, 2.45) is 0 Å². The van der Waals surface area contributed by atoms with E-state index in [1.165, 1.54) is 0 Å². The number of halogens is 1. The Labute approximate surface area is 108 Å². The van der Waals surface area contributed by atoms with Gasteiger partial charge in [0.1, 0.15) is 16.7 Å². The van der Waals surface area contributed by atoms with Gasteiger partial charge in [-0.2, -0.15) is 5.26 Å². The lowest BCUT2D eigenvalue weighted by atomic mass is 10.2. The van der Waals surface area contributed by atoms with Gasteiger partial charge in [-0.25, -0.2) is 0 Å². The van der Waals surface area contributed by atoms with E-state index in [-0.39, 0.29) is 5.56 Å². The third-order valence-electron chi connectivity index (χ3n) is 1.74. The van der Waals surface area contributed by atoms with E-state index in [1.54, 1.807) is 0 Å². The Balaban J connectivity index is 3.19. The van der Waals surface area contributed by atoms with E-state index < -0.39 is 8.32 Å². The van der Waals surface area contributed by atoms with Crippen LogP contribution in [0.25, 0.3) is 0 Å². The van der Waals surface area contributed by atoms with Crippen LogP contribution in [0, 0.1) is 23.5 Å². The molecule has 0 amide bonds. The first-order valence-corrected chi connectivity index (χ1v) is 9.06. The maximum Gasteiger partial charge on any atom is 0.243 e. The highest BCUT2D eigenvalue weighted by Gasteiger charge is 2.21. The van der Waals surface area contributed by atoms with Gasteiger partial charge >= 0.3 is 0 Å². The van der Waals surface area contributed by atoms with Crippen LogP contribution in [0.2, 0.25) is 24.7 Å². The normalized spacial score (nSPS) is 10.4. The van der Waals surface area contributed by atoms with Gasteiger partial charge in [0.2, 0.25) is 8.32 Å². The molecule has 1 aromatic carbocycles. The molecule has 90 valence electrons. The second kappa shape index (κ2) is 5.31. The average Bonchev–Trinajstić information content (AvgIpc) is 2.23. The first kappa shape index (κ1) is 13.7. The lowest BCUT2D eigenvalue weighted by Crippen LogP contribution is -2.29. The summed E-state index contributed by atoms with van der Waals surface area (Å²) in [5, 5.41) is 9.22. The molecule has 0 fully saturated rings. The first-order chi connectivity index (χ1) is 7.89. The second-order valence-electron chi connectivity index (χ2n) is 4.36. The van der Waals surface area contributed by atoms with Gasteiger partial charge in [0.25, 0.3) is 0 Å². The molecule has 1 rings (SSSR count). The highest BCUT2D eigenvalue weighted by Crippen LogP contribution is 2.35. The van der Waals surface area contributed by atoms with Crippen molar-refractivity contribution < 1.29 is 9.16 Å². The molecular formula is C12H14ClNO2Si. The molecule has 0 aliphatic heterocycles. The van der Waals surface area contributed by atoms with E-state index in [4.69, 9.17) is 26.0 Å². The summed E-state index contributed by atoms with van der Waals surface area (Å²) in [5.41, 5.74) is 0.250. The molecule has 0 unspecified atom stereocenters. The quantitative estimate of drug-likeness (QED) is 0.785. The maximum absolute atomic E-state index is 8.92. The van der Waals surface area contributed by atoms with E-state index in [1.807, 2.05) is 32.6 Å². The maximum atomic E-state index is 8.92. The van der Waals surface area contributed by atoms with Crippen LogP contribution in [0.15, 0.2) is 0 Å². The van der Waals surface area contributed by atoms with Gasteiger partial charge in [-0.05, 0) is 38.7 Å². The molecule has 17 heavy (non-hydrogen) atoms. The summed E-state index contributed by atoms with van der Waals surface area (Å²) in [6.45, 7) is 8.37. The molecule has 0 aliphatic carbocycles. The highest BCUT2D eigenvalue weighted by molar-refractivity contribution is 6.70. The molecule has 0 aliphatic rings. The molecule has 0 aromatic heterocycles. The Morgan fingerprint density at radius 3 is 2.47 bits per heavy atom. The summed E-state index contributed by atoms with van der Waals surface area (Å²) in [6.07, 6.45) is 0. The van der Waals surface area contributed by atoms with Crippen molar-refractivity contribution in [2.75, 3.05) is 6.61 Å². The van der Waals surface area contributed by atoms with Crippen LogP contribution in [0.5, 0.6) is 11.5 Å². The molecule has 0 heterocycles. The minimum Gasteiger partial charge on any atom is -0.537 e. The van der Waals surface area contributed by atoms with Gasteiger partial charge in [0.05, 0.1) is 6.61 Å². The van der Waals surface area contributed by atoms with Crippen LogP contribution in [0.1, 0.15) is 12.5 Å². The summed E-state index contributed by atoms with van der Waals surface area (Å²) >= 11 is 6.15. The predicted molar refractivity (Wildman–Crippen MR) is 69.0 cm³/mol. The Morgan fingerprint density at radius 2 is 2.00 bits per heavy atom. The molecule has 0 atom stereocenters. The van der Waals surface area contributed by atoms with Gasteiger partial charge in [0, 0.05) is 0 Å². The largest absolute Gasteiger partial charge is 0.537 e. The van der Waals surface area contributed by atoms with Crippen molar-refractivity contribution in [3.8, 4) is 17.6 Å². The molecule has 0 bridgehead atoms. The summed E-state index contributed by atoms with van der Waals surface area (Å²) in [7, 11) is -1.78. The third kappa shape index (κ3) is 3.56. The molecule has 3 nitrogen and oxygen atoms in total. The van der Waals surface area contributed by atoms with Crippen molar-refractivity contribution in [1.29, 1.82) is 5.26 Å². The molecule has 0 saturated heterocycles. The predicted octanol–water partition coefficient (Wildman–Crippen LogP) is 3.42. The highest BCUT2D eigenvalue weighted by atomic mass is 35.5. The lowest BCUT2D eigenvalue weighted by Gasteiger charge is -2.19. The van der Waals surface area contributed by atoms with E-state index in [2.05, 4.69) is 12.1 Å².